The molecular formula is C14H25K. The Morgan fingerprint density at radius 3 is 1.40 bits per heavy atom. The number of allylic oxidation sites excluding steroid dienone is 4. The average Bonchev–Trinajstić information content (AvgIpc) is 2.47. The van der Waals surface area contributed by atoms with Gasteiger partial charge in [0, 0.05) is 0 Å². The van der Waals surface area contributed by atoms with Crippen molar-refractivity contribution in [3.63, 3.8) is 0 Å². The van der Waals surface area contributed by atoms with E-state index in [4.69, 9.17) is 0 Å². The minimum atomic E-state index is 0. The van der Waals surface area contributed by atoms with Gasteiger partial charge < -0.3 is 1.43 Å². The maximum atomic E-state index is 2.48. The zero-order valence-corrected chi connectivity index (χ0v) is 14.6. The molecule has 0 radical (unpaired) electrons. The minimum absolute atomic E-state index is 0. The first-order valence-corrected chi connectivity index (χ1v) is 5.87. The van der Waals surface area contributed by atoms with Crippen LogP contribution in [0.15, 0.2) is 23.3 Å². The Kier molecular flexibility index (Phi) is 7.26. The summed E-state index contributed by atoms with van der Waals surface area (Å²) in [6.07, 6.45) is 4.95. The molecule has 0 heterocycles. The molecule has 0 nitrogen and oxygen atoms in total. The predicted molar refractivity (Wildman–Crippen MR) is 65.3 cm³/mol. The van der Waals surface area contributed by atoms with Gasteiger partial charge in [-0.15, -0.1) is 0 Å². The second-order valence-electron chi connectivity index (χ2n) is 5.37. The van der Waals surface area contributed by atoms with Gasteiger partial charge in [0.1, 0.15) is 0 Å². The molecule has 1 rings (SSSR count). The van der Waals surface area contributed by atoms with E-state index in [9.17, 15) is 0 Å². The van der Waals surface area contributed by atoms with Crippen molar-refractivity contribution in [1.29, 1.82) is 0 Å². The molecule has 0 saturated carbocycles. The Morgan fingerprint density at radius 1 is 0.867 bits per heavy atom. The molecule has 0 N–H and O–H groups in total. The van der Waals surface area contributed by atoms with Crippen LogP contribution in [0.25, 0.3) is 0 Å². The second kappa shape index (κ2) is 6.76. The molecule has 0 aromatic carbocycles. The fourth-order valence-corrected chi connectivity index (χ4v) is 2.09. The summed E-state index contributed by atoms with van der Waals surface area (Å²) in [5, 5.41) is 0. The molecule has 1 aliphatic carbocycles. The summed E-state index contributed by atoms with van der Waals surface area (Å²) in [6, 6.07) is 0. The van der Waals surface area contributed by atoms with Crippen LogP contribution in [-0.2, 0) is 0 Å². The fraction of sp³-hybridized carbons (Fsp3) is 0.714. The van der Waals surface area contributed by atoms with Crippen molar-refractivity contribution in [2.75, 3.05) is 0 Å². The molecule has 0 aliphatic heterocycles. The third kappa shape index (κ3) is 4.12. The minimum Gasteiger partial charge on any atom is -1.00 e. The third-order valence-corrected chi connectivity index (χ3v) is 3.09. The van der Waals surface area contributed by atoms with E-state index in [1.165, 1.54) is 0 Å². The summed E-state index contributed by atoms with van der Waals surface area (Å²) in [5.74, 6) is 2.75. The first-order valence-electron chi connectivity index (χ1n) is 5.87. The van der Waals surface area contributed by atoms with Crippen molar-refractivity contribution in [2.45, 2.75) is 41.5 Å². The van der Waals surface area contributed by atoms with Crippen LogP contribution in [0.3, 0.4) is 0 Å². The summed E-state index contributed by atoms with van der Waals surface area (Å²) < 4.78 is 0. The molecule has 1 heteroatoms. The summed E-state index contributed by atoms with van der Waals surface area (Å²) >= 11 is 0. The number of hydrogen-bond donors (Lipinski definition) is 0. The van der Waals surface area contributed by atoms with Crippen LogP contribution >= 0.6 is 0 Å². The topological polar surface area (TPSA) is 0 Å². The number of hydrogen-bond acceptors (Lipinski definition) is 0. The van der Waals surface area contributed by atoms with Crippen molar-refractivity contribution < 1.29 is 52.8 Å². The molecule has 0 amide bonds. The van der Waals surface area contributed by atoms with Crippen molar-refractivity contribution in [1.82, 2.24) is 0 Å². The van der Waals surface area contributed by atoms with Gasteiger partial charge >= 0.3 is 51.4 Å². The molecule has 0 atom stereocenters. The molecule has 0 bridgehead atoms. The normalized spacial score (nSPS) is 17.1. The Labute approximate surface area is 140 Å². The fourth-order valence-electron chi connectivity index (χ4n) is 2.09. The molecule has 0 saturated heterocycles. The van der Waals surface area contributed by atoms with Crippen molar-refractivity contribution >= 4 is 0 Å². The molecule has 0 unspecified atom stereocenters. The first kappa shape index (κ1) is 16.1. The summed E-state index contributed by atoms with van der Waals surface area (Å²) in [4.78, 5) is 0. The first-order chi connectivity index (χ1) is 6.43. The van der Waals surface area contributed by atoms with Gasteiger partial charge in [0.2, 0.25) is 0 Å². The van der Waals surface area contributed by atoms with E-state index in [-0.39, 0.29) is 52.8 Å². The summed E-state index contributed by atoms with van der Waals surface area (Å²) in [5.41, 5.74) is 3.16. The standard InChI is InChI=1S/C14H24.K.H/c1-9(2)12-7-13(10(3)4)14(8-12)11(5)6;;/h7-12H,1-6H3;;/q;+1;-1. The smallest absolute Gasteiger partial charge is 1.00 e. The second-order valence-corrected chi connectivity index (χ2v) is 5.37. The van der Waals surface area contributed by atoms with Crippen LogP contribution < -0.4 is 51.4 Å². The zero-order chi connectivity index (χ0) is 10.9. The summed E-state index contributed by atoms with van der Waals surface area (Å²) in [6.45, 7) is 13.8. The third-order valence-electron chi connectivity index (χ3n) is 3.09. The van der Waals surface area contributed by atoms with E-state index in [1.54, 1.807) is 11.1 Å². The monoisotopic (exact) mass is 232 g/mol. The quantitative estimate of drug-likeness (QED) is 0.648. The van der Waals surface area contributed by atoms with E-state index < -0.39 is 0 Å². The van der Waals surface area contributed by atoms with Crippen molar-refractivity contribution in [3.05, 3.63) is 23.3 Å². The molecule has 82 valence electrons. The van der Waals surface area contributed by atoms with Crippen LogP contribution in [0.1, 0.15) is 43.0 Å². The maximum absolute atomic E-state index is 2.48. The Bertz CT molecular complexity index is 238. The number of rotatable bonds is 3. The molecule has 15 heavy (non-hydrogen) atoms. The Balaban J connectivity index is 0. The van der Waals surface area contributed by atoms with Gasteiger partial charge in [-0.1, -0.05) is 53.7 Å². The van der Waals surface area contributed by atoms with E-state index in [0.29, 0.717) is 17.8 Å². The molecule has 0 spiro atoms. The van der Waals surface area contributed by atoms with E-state index in [0.717, 1.165) is 5.92 Å². The van der Waals surface area contributed by atoms with E-state index in [1.807, 2.05) is 0 Å². The van der Waals surface area contributed by atoms with Crippen LogP contribution in [-0.4, -0.2) is 0 Å². The summed E-state index contributed by atoms with van der Waals surface area (Å²) in [7, 11) is 0. The van der Waals surface area contributed by atoms with Crippen LogP contribution in [0.2, 0.25) is 0 Å². The molecular weight excluding hydrogens is 207 g/mol. The Hall–Kier alpha value is 1.12. The van der Waals surface area contributed by atoms with Gasteiger partial charge in [0.25, 0.3) is 0 Å². The largest absolute Gasteiger partial charge is 1.00 e. The van der Waals surface area contributed by atoms with Gasteiger partial charge in [-0.3, -0.25) is 0 Å². The zero-order valence-electron chi connectivity index (χ0n) is 12.5. The van der Waals surface area contributed by atoms with Crippen molar-refractivity contribution in [3.8, 4) is 0 Å². The van der Waals surface area contributed by atoms with E-state index >= 15 is 0 Å². The van der Waals surface area contributed by atoms with Gasteiger partial charge in [0.15, 0.2) is 0 Å². The predicted octanol–water partition coefficient (Wildman–Crippen LogP) is 1.55. The van der Waals surface area contributed by atoms with Gasteiger partial charge in [-0.25, -0.2) is 0 Å². The van der Waals surface area contributed by atoms with Crippen LogP contribution in [0.4, 0.5) is 0 Å². The van der Waals surface area contributed by atoms with Gasteiger partial charge in [-0.2, -0.15) is 0 Å². The molecule has 1 aliphatic rings. The van der Waals surface area contributed by atoms with Crippen LogP contribution in [0, 0.1) is 23.7 Å². The average molecular weight is 232 g/mol. The maximum Gasteiger partial charge on any atom is 1.00 e. The van der Waals surface area contributed by atoms with Crippen molar-refractivity contribution in [2.24, 2.45) is 23.7 Å². The molecule has 0 aromatic heterocycles. The van der Waals surface area contributed by atoms with Crippen LogP contribution in [0.5, 0.6) is 0 Å². The SMILES string of the molecule is CC(C)C1=CC(C(C)C)C=C1C(C)C.[H-].[K+]. The van der Waals surface area contributed by atoms with Gasteiger partial charge in [-0.05, 0) is 34.8 Å². The molecule has 0 aromatic rings. The molecule has 0 fully saturated rings. The van der Waals surface area contributed by atoms with Gasteiger partial charge in [0.05, 0.1) is 0 Å². The van der Waals surface area contributed by atoms with E-state index in [2.05, 4.69) is 53.7 Å². The Morgan fingerprint density at radius 2 is 1.20 bits per heavy atom.